The molecule has 0 spiro atoms. The van der Waals surface area contributed by atoms with Crippen LogP contribution in [0.15, 0.2) is 16.8 Å². The molecule has 2 aromatic rings. The van der Waals surface area contributed by atoms with Crippen molar-refractivity contribution in [3.05, 3.63) is 18.2 Å². The van der Waals surface area contributed by atoms with Gasteiger partial charge in [0.2, 0.25) is 11.7 Å². The summed E-state index contributed by atoms with van der Waals surface area (Å²) in [6.07, 6.45) is 6.41. The number of nitrogens with zero attached hydrogens (tertiary/aromatic N) is 4. The van der Waals surface area contributed by atoms with Crippen molar-refractivity contribution < 1.29 is 4.52 Å². The number of aromatic nitrogens is 4. The van der Waals surface area contributed by atoms with E-state index in [2.05, 4.69) is 20.6 Å². The topological polar surface area (TPSA) is 68.8 Å². The number of hydrogen-bond donors (Lipinski definition) is 1. The second-order valence-electron chi connectivity index (χ2n) is 5.14. The molecule has 1 aliphatic rings. The van der Waals surface area contributed by atoms with Gasteiger partial charge in [-0.05, 0) is 44.3 Å². The summed E-state index contributed by atoms with van der Waals surface area (Å²) in [5, 5.41) is 11.7. The Kier molecular flexibility index (Phi) is 3.59. The van der Waals surface area contributed by atoms with E-state index in [4.69, 9.17) is 4.52 Å². The van der Waals surface area contributed by atoms with Crippen molar-refractivity contribution in [3.63, 3.8) is 0 Å². The average molecular weight is 261 g/mol. The number of aryl methyl sites for hydroxylation is 2. The van der Waals surface area contributed by atoms with E-state index in [1.54, 1.807) is 4.68 Å². The Hall–Kier alpha value is -1.69. The van der Waals surface area contributed by atoms with Crippen LogP contribution in [0.4, 0.5) is 0 Å². The van der Waals surface area contributed by atoms with Crippen LogP contribution >= 0.6 is 0 Å². The fourth-order valence-electron chi connectivity index (χ4n) is 2.49. The van der Waals surface area contributed by atoms with Crippen molar-refractivity contribution in [2.24, 2.45) is 13.0 Å². The van der Waals surface area contributed by atoms with Crippen molar-refractivity contribution in [2.45, 2.75) is 25.7 Å². The fourth-order valence-corrected chi connectivity index (χ4v) is 2.49. The van der Waals surface area contributed by atoms with Gasteiger partial charge in [-0.25, -0.2) is 0 Å². The number of hydrogen-bond acceptors (Lipinski definition) is 5. The van der Waals surface area contributed by atoms with Gasteiger partial charge in [0.05, 0.1) is 0 Å². The van der Waals surface area contributed by atoms with Crippen LogP contribution in [0.5, 0.6) is 0 Å². The SMILES string of the molecule is Cn1ccc(-c2noc(CCC3CCCNC3)n2)n1. The molecule has 6 nitrogen and oxygen atoms in total. The lowest BCUT2D eigenvalue weighted by atomic mass is 9.95. The van der Waals surface area contributed by atoms with E-state index in [0.717, 1.165) is 37.5 Å². The van der Waals surface area contributed by atoms with Gasteiger partial charge >= 0.3 is 0 Å². The highest BCUT2D eigenvalue weighted by Gasteiger charge is 2.16. The zero-order valence-electron chi connectivity index (χ0n) is 11.2. The number of nitrogens with one attached hydrogen (secondary N) is 1. The maximum atomic E-state index is 5.29. The Bertz CT molecular complexity index is 527. The molecule has 6 heteroatoms. The highest BCUT2D eigenvalue weighted by atomic mass is 16.5. The maximum Gasteiger partial charge on any atom is 0.227 e. The standard InChI is InChI=1S/C13H19N5O/c1-18-8-6-11(16-18)13-15-12(19-17-13)5-4-10-3-2-7-14-9-10/h6,8,10,14H,2-5,7,9H2,1H3. The summed E-state index contributed by atoms with van der Waals surface area (Å²) in [5.41, 5.74) is 0.761. The largest absolute Gasteiger partial charge is 0.339 e. The molecule has 2 aromatic heterocycles. The second-order valence-corrected chi connectivity index (χ2v) is 5.14. The van der Waals surface area contributed by atoms with Crippen LogP contribution in [-0.4, -0.2) is 33.0 Å². The Morgan fingerprint density at radius 2 is 2.47 bits per heavy atom. The summed E-state index contributed by atoms with van der Waals surface area (Å²) in [5.74, 6) is 2.03. The molecule has 0 saturated carbocycles. The van der Waals surface area contributed by atoms with Crippen LogP contribution in [0, 0.1) is 5.92 Å². The minimum Gasteiger partial charge on any atom is -0.339 e. The van der Waals surface area contributed by atoms with Crippen LogP contribution in [0.2, 0.25) is 0 Å². The number of piperidine rings is 1. The molecule has 1 atom stereocenters. The molecule has 1 unspecified atom stereocenters. The molecule has 0 bridgehead atoms. The molecule has 0 aliphatic carbocycles. The fraction of sp³-hybridized carbons (Fsp3) is 0.615. The molecule has 1 fully saturated rings. The van der Waals surface area contributed by atoms with Crippen molar-refractivity contribution in [1.29, 1.82) is 0 Å². The van der Waals surface area contributed by atoms with Gasteiger partial charge in [-0.15, -0.1) is 0 Å². The highest BCUT2D eigenvalue weighted by Crippen LogP contribution is 2.18. The van der Waals surface area contributed by atoms with Crippen LogP contribution in [-0.2, 0) is 13.5 Å². The summed E-state index contributed by atoms with van der Waals surface area (Å²) in [6, 6.07) is 1.89. The van der Waals surface area contributed by atoms with E-state index in [1.165, 1.54) is 12.8 Å². The molecule has 1 saturated heterocycles. The van der Waals surface area contributed by atoms with E-state index < -0.39 is 0 Å². The van der Waals surface area contributed by atoms with Gasteiger partial charge in [-0.2, -0.15) is 10.1 Å². The van der Waals surface area contributed by atoms with E-state index in [9.17, 15) is 0 Å². The van der Waals surface area contributed by atoms with Gasteiger partial charge < -0.3 is 9.84 Å². The van der Waals surface area contributed by atoms with E-state index in [-0.39, 0.29) is 0 Å². The Labute approximate surface area is 112 Å². The van der Waals surface area contributed by atoms with Gasteiger partial charge in [-0.3, -0.25) is 4.68 Å². The summed E-state index contributed by atoms with van der Waals surface area (Å²) in [4.78, 5) is 4.40. The van der Waals surface area contributed by atoms with Crippen LogP contribution in [0.3, 0.4) is 0 Å². The molecule has 0 aromatic carbocycles. The summed E-state index contributed by atoms with van der Waals surface area (Å²) in [6.45, 7) is 2.27. The molecule has 1 aliphatic heterocycles. The molecule has 3 heterocycles. The predicted octanol–water partition coefficient (Wildman–Crippen LogP) is 1.40. The molecule has 102 valence electrons. The zero-order valence-corrected chi connectivity index (χ0v) is 11.2. The second kappa shape index (κ2) is 5.52. The van der Waals surface area contributed by atoms with Crippen LogP contribution in [0.1, 0.15) is 25.2 Å². The molecular weight excluding hydrogens is 242 g/mol. The first-order chi connectivity index (χ1) is 9.31. The van der Waals surface area contributed by atoms with E-state index in [1.807, 2.05) is 19.3 Å². The van der Waals surface area contributed by atoms with Gasteiger partial charge in [0, 0.05) is 19.7 Å². The molecular formula is C13H19N5O. The van der Waals surface area contributed by atoms with E-state index >= 15 is 0 Å². The van der Waals surface area contributed by atoms with Crippen molar-refractivity contribution in [2.75, 3.05) is 13.1 Å². The third kappa shape index (κ3) is 3.01. The van der Waals surface area contributed by atoms with Gasteiger partial charge in [-0.1, -0.05) is 5.16 Å². The van der Waals surface area contributed by atoms with Crippen molar-refractivity contribution in [3.8, 4) is 11.5 Å². The van der Waals surface area contributed by atoms with Gasteiger partial charge in [0.1, 0.15) is 5.69 Å². The Balaban J connectivity index is 1.58. The van der Waals surface area contributed by atoms with E-state index in [0.29, 0.717) is 11.7 Å². The van der Waals surface area contributed by atoms with Gasteiger partial charge in [0.25, 0.3) is 0 Å². The minimum atomic E-state index is 0.581. The Morgan fingerprint density at radius 3 is 3.21 bits per heavy atom. The Morgan fingerprint density at radius 1 is 1.53 bits per heavy atom. The van der Waals surface area contributed by atoms with Crippen molar-refractivity contribution >= 4 is 0 Å². The number of rotatable bonds is 4. The molecule has 0 amide bonds. The minimum absolute atomic E-state index is 0.581. The normalized spacial score (nSPS) is 19.7. The summed E-state index contributed by atoms with van der Waals surface area (Å²) >= 11 is 0. The zero-order chi connectivity index (χ0) is 13.1. The average Bonchev–Trinajstić information content (AvgIpc) is 3.06. The molecule has 3 rings (SSSR count). The quantitative estimate of drug-likeness (QED) is 0.901. The lowest BCUT2D eigenvalue weighted by molar-refractivity contribution is 0.327. The molecule has 19 heavy (non-hydrogen) atoms. The van der Waals surface area contributed by atoms with Crippen LogP contribution < -0.4 is 5.32 Å². The smallest absolute Gasteiger partial charge is 0.227 e. The third-order valence-corrected chi connectivity index (χ3v) is 3.58. The lowest BCUT2D eigenvalue weighted by Gasteiger charge is -2.21. The maximum absolute atomic E-state index is 5.29. The third-order valence-electron chi connectivity index (χ3n) is 3.58. The van der Waals surface area contributed by atoms with Crippen LogP contribution in [0.25, 0.3) is 11.5 Å². The summed E-state index contributed by atoms with van der Waals surface area (Å²) in [7, 11) is 1.88. The first-order valence-corrected chi connectivity index (χ1v) is 6.84. The molecule has 0 radical (unpaired) electrons. The predicted molar refractivity (Wildman–Crippen MR) is 70.4 cm³/mol. The monoisotopic (exact) mass is 261 g/mol. The van der Waals surface area contributed by atoms with Gasteiger partial charge in [0.15, 0.2) is 0 Å². The molecule has 1 N–H and O–H groups in total. The van der Waals surface area contributed by atoms with Crippen molar-refractivity contribution in [1.82, 2.24) is 25.2 Å². The first-order valence-electron chi connectivity index (χ1n) is 6.84. The lowest BCUT2D eigenvalue weighted by Crippen LogP contribution is -2.29. The highest BCUT2D eigenvalue weighted by molar-refractivity contribution is 5.46. The first kappa shape index (κ1) is 12.3. The summed E-state index contributed by atoms with van der Waals surface area (Å²) < 4.78 is 7.02.